The number of aldehydes is 1. The van der Waals surface area contributed by atoms with E-state index in [-0.39, 0.29) is 18.6 Å². The van der Waals surface area contributed by atoms with E-state index in [4.69, 9.17) is 14.2 Å². The van der Waals surface area contributed by atoms with Crippen LogP contribution >= 0.6 is 0 Å². The lowest BCUT2D eigenvalue weighted by Crippen LogP contribution is -2.34. The first-order chi connectivity index (χ1) is 13.8. The van der Waals surface area contributed by atoms with E-state index in [0.29, 0.717) is 24.0 Å². The predicted octanol–water partition coefficient (Wildman–Crippen LogP) is 2.76. The summed E-state index contributed by atoms with van der Waals surface area (Å²) in [6.45, 7) is 8.52. The van der Waals surface area contributed by atoms with Crippen molar-refractivity contribution < 1.29 is 33.4 Å². The fraction of sp³-hybridized carbons (Fsp3) is 0.455. The lowest BCUT2D eigenvalue weighted by Gasteiger charge is -2.27. The number of carbonyl (C=O) groups excluding carboxylic acids is 4. The van der Waals surface area contributed by atoms with Crippen molar-refractivity contribution in [3.63, 3.8) is 0 Å². The van der Waals surface area contributed by atoms with Crippen molar-refractivity contribution in [1.29, 1.82) is 0 Å². The number of esters is 3. The Labute approximate surface area is 170 Å². The maximum Gasteiger partial charge on any atom is 0.334 e. The summed E-state index contributed by atoms with van der Waals surface area (Å²) in [5.41, 5.74) is 1.80. The van der Waals surface area contributed by atoms with Crippen molar-refractivity contribution in [2.24, 2.45) is 5.92 Å². The molecular weight excluding hydrogens is 376 g/mol. The fourth-order valence-corrected chi connectivity index (χ4v) is 3.26. The SMILES string of the molecule is C=C1C(=O)OC2C=C(COC(C)=O)CCC=C(C=O)CC(OC(=O)C(C)=CC)C12. The second kappa shape index (κ2) is 10.0. The number of ether oxygens (including phenoxy) is 3. The molecule has 1 fully saturated rings. The van der Waals surface area contributed by atoms with Crippen molar-refractivity contribution in [3.05, 3.63) is 47.1 Å². The molecular formula is C22H26O7. The zero-order valence-corrected chi connectivity index (χ0v) is 16.9. The largest absolute Gasteiger partial charge is 0.461 e. The van der Waals surface area contributed by atoms with Crippen LogP contribution in [0.4, 0.5) is 0 Å². The Morgan fingerprint density at radius 1 is 1.34 bits per heavy atom. The average molecular weight is 402 g/mol. The van der Waals surface area contributed by atoms with Crippen LogP contribution in [0.2, 0.25) is 0 Å². The van der Waals surface area contributed by atoms with Crippen LogP contribution in [0.5, 0.6) is 0 Å². The zero-order chi connectivity index (χ0) is 21.6. The first-order valence-corrected chi connectivity index (χ1v) is 9.47. The molecule has 2 aliphatic rings. The quantitative estimate of drug-likeness (QED) is 0.229. The van der Waals surface area contributed by atoms with E-state index in [9.17, 15) is 19.2 Å². The lowest BCUT2D eigenvalue weighted by atomic mass is 9.85. The second-order valence-corrected chi connectivity index (χ2v) is 7.08. The summed E-state index contributed by atoms with van der Waals surface area (Å²) < 4.78 is 16.2. The van der Waals surface area contributed by atoms with Gasteiger partial charge >= 0.3 is 17.9 Å². The minimum Gasteiger partial charge on any atom is -0.461 e. The molecule has 7 heteroatoms. The van der Waals surface area contributed by atoms with Crippen molar-refractivity contribution in [3.8, 4) is 0 Å². The van der Waals surface area contributed by atoms with Gasteiger partial charge in [0.25, 0.3) is 0 Å². The third-order valence-corrected chi connectivity index (χ3v) is 5.00. The molecule has 2 rings (SSSR count). The van der Waals surface area contributed by atoms with Gasteiger partial charge in [0.05, 0.1) is 5.92 Å². The van der Waals surface area contributed by atoms with E-state index < -0.39 is 36.0 Å². The van der Waals surface area contributed by atoms with E-state index in [0.717, 1.165) is 11.9 Å². The first-order valence-electron chi connectivity index (χ1n) is 9.47. The van der Waals surface area contributed by atoms with E-state index >= 15 is 0 Å². The topological polar surface area (TPSA) is 96.0 Å². The molecule has 0 radical (unpaired) electrons. The van der Waals surface area contributed by atoms with Crippen LogP contribution in [0.3, 0.4) is 0 Å². The van der Waals surface area contributed by atoms with Gasteiger partial charge in [-0.1, -0.05) is 18.7 Å². The van der Waals surface area contributed by atoms with Crippen molar-refractivity contribution in [2.45, 2.75) is 52.2 Å². The van der Waals surface area contributed by atoms with E-state index in [1.165, 1.54) is 6.92 Å². The number of fused-ring (bicyclic) bond motifs is 1. The van der Waals surface area contributed by atoms with Gasteiger partial charge in [-0.2, -0.15) is 0 Å². The molecule has 0 spiro atoms. The summed E-state index contributed by atoms with van der Waals surface area (Å²) in [5, 5.41) is 0. The first kappa shape index (κ1) is 22.3. The van der Waals surface area contributed by atoms with Gasteiger partial charge in [0.15, 0.2) is 0 Å². The minimum atomic E-state index is -0.804. The third kappa shape index (κ3) is 5.76. The molecule has 0 amide bonds. The van der Waals surface area contributed by atoms with Crippen LogP contribution in [-0.2, 0) is 33.4 Å². The molecule has 0 aromatic carbocycles. The van der Waals surface area contributed by atoms with E-state index in [2.05, 4.69) is 6.58 Å². The fourth-order valence-electron chi connectivity index (χ4n) is 3.26. The van der Waals surface area contributed by atoms with Crippen LogP contribution in [0.25, 0.3) is 0 Å². The molecule has 3 atom stereocenters. The Morgan fingerprint density at radius 3 is 2.69 bits per heavy atom. The Bertz CT molecular complexity index is 800. The highest BCUT2D eigenvalue weighted by Crippen LogP contribution is 2.36. The molecule has 0 bridgehead atoms. The Balaban J connectivity index is 2.43. The molecule has 0 saturated carbocycles. The zero-order valence-electron chi connectivity index (χ0n) is 16.9. The lowest BCUT2D eigenvalue weighted by molar-refractivity contribution is -0.147. The van der Waals surface area contributed by atoms with E-state index in [1.54, 1.807) is 32.1 Å². The van der Waals surface area contributed by atoms with Gasteiger partial charge in [0, 0.05) is 24.5 Å². The molecule has 1 aliphatic carbocycles. The summed E-state index contributed by atoms with van der Waals surface area (Å²) in [6, 6.07) is 0. The van der Waals surface area contributed by atoms with Gasteiger partial charge in [-0.25, -0.2) is 9.59 Å². The van der Waals surface area contributed by atoms with Crippen LogP contribution < -0.4 is 0 Å². The highest BCUT2D eigenvalue weighted by molar-refractivity contribution is 5.92. The van der Waals surface area contributed by atoms with Crippen molar-refractivity contribution >= 4 is 24.2 Å². The normalized spacial score (nSPS) is 25.2. The monoisotopic (exact) mass is 402 g/mol. The van der Waals surface area contributed by atoms with Gasteiger partial charge in [-0.05, 0) is 43.9 Å². The highest BCUT2D eigenvalue weighted by Gasteiger charge is 2.44. The summed E-state index contributed by atoms with van der Waals surface area (Å²) in [4.78, 5) is 47.3. The number of hydrogen-bond donors (Lipinski definition) is 0. The number of carbonyl (C=O) groups is 4. The number of rotatable bonds is 5. The molecule has 0 aromatic rings. The van der Waals surface area contributed by atoms with Crippen LogP contribution in [0, 0.1) is 5.92 Å². The number of hydrogen-bond acceptors (Lipinski definition) is 7. The van der Waals surface area contributed by atoms with Gasteiger partial charge in [-0.3, -0.25) is 9.59 Å². The maximum absolute atomic E-state index is 12.4. The third-order valence-electron chi connectivity index (χ3n) is 5.00. The Morgan fingerprint density at radius 2 is 2.07 bits per heavy atom. The molecule has 1 saturated heterocycles. The van der Waals surface area contributed by atoms with Crippen molar-refractivity contribution in [1.82, 2.24) is 0 Å². The molecule has 0 N–H and O–H groups in total. The Hall–Kier alpha value is -2.96. The maximum atomic E-state index is 12.4. The predicted molar refractivity (Wildman–Crippen MR) is 105 cm³/mol. The summed E-state index contributed by atoms with van der Waals surface area (Å²) in [6.07, 6.45) is 5.51. The van der Waals surface area contributed by atoms with Crippen LogP contribution in [0.1, 0.15) is 40.0 Å². The van der Waals surface area contributed by atoms with Gasteiger partial charge in [-0.15, -0.1) is 0 Å². The van der Waals surface area contributed by atoms with E-state index in [1.807, 2.05) is 0 Å². The van der Waals surface area contributed by atoms with Gasteiger partial charge in [0.2, 0.25) is 0 Å². The minimum absolute atomic E-state index is 0.0506. The number of allylic oxidation sites excluding steroid dienone is 2. The molecule has 29 heavy (non-hydrogen) atoms. The van der Waals surface area contributed by atoms with Crippen molar-refractivity contribution in [2.75, 3.05) is 6.61 Å². The summed E-state index contributed by atoms with van der Waals surface area (Å²) in [7, 11) is 0. The molecule has 3 unspecified atom stereocenters. The Kier molecular flexibility index (Phi) is 7.70. The smallest absolute Gasteiger partial charge is 0.334 e. The summed E-state index contributed by atoms with van der Waals surface area (Å²) in [5.74, 6) is -2.19. The highest BCUT2D eigenvalue weighted by atomic mass is 16.6. The average Bonchev–Trinajstić information content (AvgIpc) is 2.96. The van der Waals surface area contributed by atoms with Gasteiger partial charge < -0.3 is 14.2 Å². The molecule has 1 aliphatic heterocycles. The second-order valence-electron chi connectivity index (χ2n) is 7.08. The molecule has 156 valence electrons. The summed E-state index contributed by atoms with van der Waals surface area (Å²) >= 11 is 0. The van der Waals surface area contributed by atoms with Crippen LogP contribution in [0.15, 0.2) is 47.1 Å². The molecule has 1 heterocycles. The molecule has 7 nitrogen and oxygen atoms in total. The standard InChI is InChI=1S/C22H26O7/c1-5-13(2)21(25)28-18-9-16(11-23)7-6-8-17(12-27-15(4)24)10-19-20(18)14(3)22(26)29-19/h5,7,10-11,18-20H,3,6,8-9,12H2,1-2,4H3. The molecule has 0 aromatic heterocycles. The van der Waals surface area contributed by atoms with Gasteiger partial charge in [0.1, 0.15) is 25.1 Å². The van der Waals surface area contributed by atoms with Crippen LogP contribution in [-0.4, -0.2) is 43.0 Å².